The number of allylic oxidation sites excluding steroid dienone is 1. The quantitative estimate of drug-likeness (QED) is 0.621. The number of rotatable bonds is 10. The number of ether oxygens (including phenoxy) is 3. The van der Waals surface area contributed by atoms with Gasteiger partial charge in [-0.05, 0) is 50.3 Å². The van der Waals surface area contributed by atoms with Crippen LogP contribution in [0.1, 0.15) is 27.5 Å². The summed E-state index contributed by atoms with van der Waals surface area (Å²) < 4.78 is 16.2. The third kappa shape index (κ3) is 5.51. The molecule has 0 bridgehead atoms. The van der Waals surface area contributed by atoms with Crippen molar-refractivity contribution in [3.8, 4) is 17.2 Å². The Morgan fingerprint density at radius 3 is 2.48 bits per heavy atom. The maximum atomic E-state index is 12.9. The Balaban J connectivity index is 2.23. The molecule has 0 fully saturated rings. The van der Waals surface area contributed by atoms with Crippen molar-refractivity contribution in [3.63, 3.8) is 0 Å². The molecule has 1 atom stereocenters. The van der Waals surface area contributed by atoms with Gasteiger partial charge in [-0.15, -0.1) is 6.58 Å². The van der Waals surface area contributed by atoms with Gasteiger partial charge in [0, 0.05) is 17.7 Å². The fourth-order valence-electron chi connectivity index (χ4n) is 3.22. The molecule has 6 heteroatoms. The lowest BCUT2D eigenvalue weighted by Gasteiger charge is -2.25. The zero-order valence-electron chi connectivity index (χ0n) is 17.8. The van der Waals surface area contributed by atoms with Gasteiger partial charge in [0.2, 0.25) is 0 Å². The van der Waals surface area contributed by atoms with E-state index in [4.69, 9.17) is 14.2 Å². The summed E-state index contributed by atoms with van der Waals surface area (Å²) in [4.78, 5) is 14.9. The number of carbonyl (C=O) groups excluding carboxylic acids is 1. The molecule has 1 unspecified atom stereocenters. The fraction of sp³-hybridized carbons (Fsp3) is 0.348. The van der Waals surface area contributed by atoms with E-state index in [0.29, 0.717) is 30.0 Å². The Morgan fingerprint density at radius 1 is 1.14 bits per heavy atom. The molecule has 156 valence electrons. The second-order valence-corrected chi connectivity index (χ2v) is 6.83. The summed E-state index contributed by atoms with van der Waals surface area (Å²) in [6, 6.07) is 11.4. The maximum Gasteiger partial charge on any atom is 0.251 e. The van der Waals surface area contributed by atoms with E-state index in [0.717, 1.165) is 16.9 Å². The van der Waals surface area contributed by atoms with Crippen LogP contribution in [0.25, 0.3) is 0 Å². The summed E-state index contributed by atoms with van der Waals surface area (Å²) in [5, 5.41) is 3.03. The van der Waals surface area contributed by atoms with Crippen LogP contribution in [0.15, 0.2) is 49.1 Å². The van der Waals surface area contributed by atoms with E-state index in [1.807, 2.05) is 44.4 Å². The third-order valence-corrected chi connectivity index (χ3v) is 4.74. The van der Waals surface area contributed by atoms with Crippen molar-refractivity contribution in [3.05, 3.63) is 65.7 Å². The molecule has 0 spiro atoms. The Labute approximate surface area is 173 Å². The van der Waals surface area contributed by atoms with Gasteiger partial charge in [0.15, 0.2) is 11.5 Å². The molecule has 0 radical (unpaired) electrons. The zero-order chi connectivity index (χ0) is 21.4. The van der Waals surface area contributed by atoms with Crippen LogP contribution >= 0.6 is 0 Å². The van der Waals surface area contributed by atoms with Crippen LogP contribution in [0.4, 0.5) is 0 Å². The molecular weight excluding hydrogens is 368 g/mol. The lowest BCUT2D eigenvalue weighted by molar-refractivity contribution is 0.0941. The predicted molar refractivity (Wildman–Crippen MR) is 115 cm³/mol. The number of methoxy groups -OCH3 is 3. The minimum atomic E-state index is -0.175. The molecule has 2 rings (SSSR count). The monoisotopic (exact) mass is 398 g/mol. The molecule has 1 amide bonds. The van der Waals surface area contributed by atoms with Gasteiger partial charge in [0.1, 0.15) is 5.75 Å². The Bertz CT molecular complexity index is 849. The van der Waals surface area contributed by atoms with Crippen LogP contribution in [0.5, 0.6) is 17.2 Å². The van der Waals surface area contributed by atoms with E-state index < -0.39 is 0 Å². The topological polar surface area (TPSA) is 60.0 Å². The largest absolute Gasteiger partial charge is 0.497 e. The van der Waals surface area contributed by atoms with Crippen LogP contribution in [0.3, 0.4) is 0 Å². The van der Waals surface area contributed by atoms with E-state index in [1.54, 1.807) is 33.5 Å². The van der Waals surface area contributed by atoms with Crippen molar-refractivity contribution >= 4 is 5.91 Å². The van der Waals surface area contributed by atoms with Gasteiger partial charge >= 0.3 is 0 Å². The normalized spacial score (nSPS) is 11.7. The average Bonchev–Trinajstić information content (AvgIpc) is 2.73. The van der Waals surface area contributed by atoms with Gasteiger partial charge in [0.05, 0.1) is 27.4 Å². The first-order chi connectivity index (χ1) is 13.9. The molecule has 2 aromatic rings. The molecule has 2 aromatic carbocycles. The lowest BCUT2D eigenvalue weighted by atomic mass is 10.0. The maximum absolute atomic E-state index is 12.9. The van der Waals surface area contributed by atoms with Gasteiger partial charge < -0.3 is 24.4 Å². The predicted octanol–water partition coefficient (Wildman–Crippen LogP) is 3.47. The second-order valence-electron chi connectivity index (χ2n) is 6.83. The molecular formula is C23H30N2O4. The van der Waals surface area contributed by atoms with Crippen LogP contribution in [-0.2, 0) is 6.42 Å². The van der Waals surface area contributed by atoms with Gasteiger partial charge in [-0.2, -0.15) is 0 Å². The number of hydrogen-bond donors (Lipinski definition) is 1. The molecule has 0 saturated carbocycles. The Morgan fingerprint density at radius 2 is 1.90 bits per heavy atom. The highest BCUT2D eigenvalue weighted by molar-refractivity contribution is 5.95. The van der Waals surface area contributed by atoms with Gasteiger partial charge in [-0.1, -0.05) is 18.2 Å². The molecule has 0 aromatic heterocycles. The van der Waals surface area contributed by atoms with Gasteiger partial charge in [0.25, 0.3) is 5.91 Å². The first kappa shape index (κ1) is 22.3. The SMILES string of the molecule is C=CCc1cc(C(=O)NCC(c2cccc(OC)c2)N(C)C)cc(OC)c1OC. The Kier molecular flexibility index (Phi) is 8.09. The highest BCUT2D eigenvalue weighted by Crippen LogP contribution is 2.33. The minimum absolute atomic E-state index is 0.00170. The average molecular weight is 399 g/mol. The van der Waals surface area contributed by atoms with E-state index in [2.05, 4.69) is 16.8 Å². The van der Waals surface area contributed by atoms with Crippen molar-refractivity contribution in [2.24, 2.45) is 0 Å². The van der Waals surface area contributed by atoms with Crippen LogP contribution in [0.2, 0.25) is 0 Å². The molecule has 29 heavy (non-hydrogen) atoms. The number of nitrogens with zero attached hydrogens (tertiary/aromatic N) is 1. The smallest absolute Gasteiger partial charge is 0.251 e. The summed E-state index contributed by atoms with van der Waals surface area (Å²) >= 11 is 0. The molecule has 0 aliphatic carbocycles. The zero-order valence-corrected chi connectivity index (χ0v) is 17.8. The van der Waals surface area contributed by atoms with Crippen LogP contribution in [-0.4, -0.2) is 52.8 Å². The number of nitrogens with one attached hydrogen (secondary N) is 1. The molecule has 6 nitrogen and oxygen atoms in total. The summed E-state index contributed by atoms with van der Waals surface area (Å²) in [6.45, 7) is 4.22. The fourth-order valence-corrected chi connectivity index (χ4v) is 3.22. The van der Waals surface area contributed by atoms with E-state index in [1.165, 1.54) is 0 Å². The van der Waals surface area contributed by atoms with Crippen molar-refractivity contribution < 1.29 is 19.0 Å². The van der Waals surface area contributed by atoms with E-state index in [-0.39, 0.29) is 11.9 Å². The van der Waals surface area contributed by atoms with Crippen molar-refractivity contribution in [2.45, 2.75) is 12.5 Å². The van der Waals surface area contributed by atoms with E-state index >= 15 is 0 Å². The molecule has 0 aliphatic rings. The highest BCUT2D eigenvalue weighted by Gasteiger charge is 2.19. The van der Waals surface area contributed by atoms with Crippen LogP contribution in [0, 0.1) is 0 Å². The minimum Gasteiger partial charge on any atom is -0.497 e. The summed E-state index contributed by atoms with van der Waals surface area (Å²) in [5.41, 5.74) is 2.43. The first-order valence-electron chi connectivity index (χ1n) is 9.39. The third-order valence-electron chi connectivity index (χ3n) is 4.74. The number of benzene rings is 2. The van der Waals surface area contributed by atoms with Crippen molar-refractivity contribution in [1.82, 2.24) is 10.2 Å². The summed E-state index contributed by atoms with van der Waals surface area (Å²) in [5.74, 6) is 1.75. The van der Waals surface area contributed by atoms with Gasteiger partial charge in [-0.3, -0.25) is 4.79 Å². The molecule has 0 saturated heterocycles. The van der Waals surface area contributed by atoms with Crippen molar-refractivity contribution in [2.75, 3.05) is 42.0 Å². The van der Waals surface area contributed by atoms with Gasteiger partial charge in [-0.25, -0.2) is 0 Å². The number of carbonyl (C=O) groups is 1. The molecule has 0 heterocycles. The summed E-state index contributed by atoms with van der Waals surface area (Å²) in [7, 11) is 8.75. The Hall–Kier alpha value is -2.99. The highest BCUT2D eigenvalue weighted by atomic mass is 16.5. The standard InChI is InChI=1S/C23H30N2O4/c1-7-9-17-12-18(14-21(28-5)22(17)29-6)23(26)24-15-20(25(2)3)16-10-8-11-19(13-16)27-4/h7-8,10-14,20H,1,9,15H2,2-6H3,(H,24,26). The molecule has 1 N–H and O–H groups in total. The van der Waals surface area contributed by atoms with Crippen LogP contribution < -0.4 is 19.5 Å². The number of hydrogen-bond acceptors (Lipinski definition) is 5. The first-order valence-corrected chi connectivity index (χ1v) is 9.39. The van der Waals surface area contributed by atoms with Crippen molar-refractivity contribution in [1.29, 1.82) is 0 Å². The van der Waals surface area contributed by atoms with E-state index in [9.17, 15) is 4.79 Å². The summed E-state index contributed by atoms with van der Waals surface area (Å²) in [6.07, 6.45) is 2.34. The number of amides is 1. The second kappa shape index (κ2) is 10.5. The molecule has 0 aliphatic heterocycles. The lowest BCUT2D eigenvalue weighted by Crippen LogP contribution is -2.34. The number of likely N-dealkylation sites (N-methyl/N-ethyl adjacent to an activating group) is 1.